The molecule has 0 aromatic carbocycles. The second-order valence-corrected chi connectivity index (χ2v) is 3.58. The van der Waals surface area contributed by atoms with E-state index in [0.29, 0.717) is 0 Å². The summed E-state index contributed by atoms with van der Waals surface area (Å²) >= 11 is 0. The van der Waals surface area contributed by atoms with Gasteiger partial charge in [-0.2, -0.15) is 0 Å². The minimum atomic E-state index is -0.830. The summed E-state index contributed by atoms with van der Waals surface area (Å²) < 4.78 is 1.89. The first-order chi connectivity index (χ1) is 7.09. The van der Waals surface area contributed by atoms with Crippen molar-refractivity contribution in [2.75, 3.05) is 0 Å². The van der Waals surface area contributed by atoms with Gasteiger partial charge in [0.15, 0.2) is 0 Å². The maximum atomic E-state index is 10.7. The van der Waals surface area contributed by atoms with Crippen LogP contribution < -0.4 is 0 Å². The third kappa shape index (κ3) is 1.58. The van der Waals surface area contributed by atoms with Gasteiger partial charge in [0.1, 0.15) is 5.65 Å². The van der Waals surface area contributed by atoms with Crippen molar-refractivity contribution in [3.05, 3.63) is 35.3 Å². The Kier molecular flexibility index (Phi) is 2.19. The van der Waals surface area contributed by atoms with Crippen molar-refractivity contribution in [2.24, 2.45) is 0 Å². The van der Waals surface area contributed by atoms with Crippen LogP contribution in [0.15, 0.2) is 18.2 Å². The van der Waals surface area contributed by atoms with Gasteiger partial charge in [-0.05, 0) is 26.0 Å². The van der Waals surface area contributed by atoms with Gasteiger partial charge in [0, 0.05) is 5.69 Å². The second kappa shape index (κ2) is 3.38. The quantitative estimate of drug-likeness (QED) is 0.808. The van der Waals surface area contributed by atoms with E-state index in [1.165, 1.54) is 0 Å². The first kappa shape index (κ1) is 9.71. The molecular weight excluding hydrogens is 192 g/mol. The van der Waals surface area contributed by atoms with E-state index in [1.807, 2.05) is 36.4 Å². The highest BCUT2D eigenvalue weighted by molar-refractivity contribution is 5.70. The molecule has 0 spiro atoms. The topological polar surface area (TPSA) is 54.6 Å². The number of hydrogen-bond acceptors (Lipinski definition) is 2. The van der Waals surface area contributed by atoms with E-state index in [2.05, 4.69) is 4.98 Å². The molecule has 0 aliphatic rings. The number of pyridine rings is 1. The minimum absolute atomic E-state index is 0.0118. The van der Waals surface area contributed by atoms with Crippen LogP contribution in [0.1, 0.15) is 17.1 Å². The fourth-order valence-corrected chi connectivity index (χ4v) is 1.79. The van der Waals surface area contributed by atoms with Gasteiger partial charge >= 0.3 is 5.97 Å². The number of rotatable bonds is 2. The lowest BCUT2D eigenvalue weighted by atomic mass is 10.2. The molecular formula is C11H12N2O2. The Hall–Kier alpha value is -1.84. The van der Waals surface area contributed by atoms with Crippen LogP contribution >= 0.6 is 0 Å². The van der Waals surface area contributed by atoms with Crippen molar-refractivity contribution in [3.63, 3.8) is 0 Å². The fourth-order valence-electron chi connectivity index (χ4n) is 1.79. The van der Waals surface area contributed by atoms with Crippen molar-refractivity contribution < 1.29 is 9.90 Å². The molecule has 4 nitrogen and oxygen atoms in total. The normalized spacial score (nSPS) is 10.8. The predicted octanol–water partition coefficient (Wildman–Crippen LogP) is 1.58. The largest absolute Gasteiger partial charge is 0.481 e. The Labute approximate surface area is 87.2 Å². The number of carboxylic acid groups (broad SMARTS) is 1. The predicted molar refractivity (Wildman–Crippen MR) is 56.0 cm³/mol. The molecule has 78 valence electrons. The first-order valence-electron chi connectivity index (χ1n) is 4.75. The summed E-state index contributed by atoms with van der Waals surface area (Å²) in [5.41, 5.74) is 3.36. The Morgan fingerprint density at radius 2 is 2.20 bits per heavy atom. The Morgan fingerprint density at radius 1 is 1.47 bits per heavy atom. The number of hydrogen-bond donors (Lipinski definition) is 1. The molecule has 0 atom stereocenters. The van der Waals surface area contributed by atoms with Crippen molar-refractivity contribution in [2.45, 2.75) is 20.3 Å². The zero-order valence-electron chi connectivity index (χ0n) is 8.69. The number of carboxylic acids is 1. The summed E-state index contributed by atoms with van der Waals surface area (Å²) in [6.07, 6.45) is 0.0118. The molecule has 1 N–H and O–H groups in total. The number of imidazole rings is 1. The highest BCUT2D eigenvalue weighted by Crippen LogP contribution is 2.15. The van der Waals surface area contributed by atoms with Crippen molar-refractivity contribution in [1.82, 2.24) is 9.38 Å². The molecule has 0 amide bonds. The molecule has 0 saturated heterocycles. The van der Waals surface area contributed by atoms with Gasteiger partial charge in [-0.1, -0.05) is 6.07 Å². The maximum Gasteiger partial charge on any atom is 0.309 e. The highest BCUT2D eigenvalue weighted by atomic mass is 16.4. The molecule has 0 radical (unpaired) electrons. The van der Waals surface area contributed by atoms with E-state index in [4.69, 9.17) is 5.11 Å². The van der Waals surface area contributed by atoms with Gasteiger partial charge in [0.05, 0.1) is 17.8 Å². The van der Waals surface area contributed by atoms with Gasteiger partial charge in [0.2, 0.25) is 0 Å². The third-order valence-corrected chi connectivity index (χ3v) is 2.45. The Balaban J connectivity index is 2.71. The van der Waals surface area contributed by atoms with Gasteiger partial charge < -0.3 is 9.51 Å². The number of aromatic nitrogens is 2. The first-order valence-corrected chi connectivity index (χ1v) is 4.75. The van der Waals surface area contributed by atoms with Crippen LogP contribution in [-0.4, -0.2) is 20.5 Å². The summed E-state index contributed by atoms with van der Waals surface area (Å²) in [6, 6.07) is 5.74. The summed E-state index contributed by atoms with van der Waals surface area (Å²) in [4.78, 5) is 15.1. The molecule has 2 rings (SSSR count). The molecule has 0 aliphatic carbocycles. The van der Waals surface area contributed by atoms with Crippen LogP contribution in [0.4, 0.5) is 0 Å². The average Bonchev–Trinajstić information content (AvgIpc) is 2.43. The Morgan fingerprint density at radius 3 is 2.87 bits per heavy atom. The van der Waals surface area contributed by atoms with Crippen LogP contribution in [0.2, 0.25) is 0 Å². The van der Waals surface area contributed by atoms with E-state index in [1.54, 1.807) is 0 Å². The number of carbonyl (C=O) groups is 1. The molecule has 0 fully saturated rings. The van der Waals surface area contributed by atoms with E-state index in [-0.39, 0.29) is 6.42 Å². The molecule has 2 aromatic heterocycles. The number of aryl methyl sites for hydroxylation is 2. The van der Waals surface area contributed by atoms with Crippen LogP contribution in [0.25, 0.3) is 5.65 Å². The maximum absolute atomic E-state index is 10.7. The smallest absolute Gasteiger partial charge is 0.309 e. The number of nitrogens with zero attached hydrogens (tertiary/aromatic N) is 2. The van der Waals surface area contributed by atoms with Crippen LogP contribution in [0.5, 0.6) is 0 Å². The van der Waals surface area contributed by atoms with Crippen molar-refractivity contribution in [3.8, 4) is 0 Å². The molecule has 0 bridgehead atoms. The van der Waals surface area contributed by atoms with Gasteiger partial charge in [-0.3, -0.25) is 4.79 Å². The summed E-state index contributed by atoms with van der Waals surface area (Å²) in [5.74, 6) is -0.830. The highest BCUT2D eigenvalue weighted by Gasteiger charge is 2.12. The lowest BCUT2D eigenvalue weighted by Crippen LogP contribution is -2.06. The van der Waals surface area contributed by atoms with Crippen molar-refractivity contribution >= 4 is 11.6 Å². The number of aliphatic carboxylic acids is 1. The lowest BCUT2D eigenvalue weighted by molar-refractivity contribution is -0.136. The standard InChI is InChI=1S/C11H12N2O2/c1-7-4-3-5-10-12-8(2)9(13(7)10)6-11(14)15/h3-5H,6H2,1-2H3,(H,14,15). The fraction of sp³-hybridized carbons (Fsp3) is 0.273. The van der Waals surface area contributed by atoms with Gasteiger partial charge in [-0.25, -0.2) is 4.98 Å². The molecule has 0 aliphatic heterocycles. The second-order valence-electron chi connectivity index (χ2n) is 3.58. The summed E-state index contributed by atoms with van der Waals surface area (Å²) in [5, 5.41) is 8.82. The number of fused-ring (bicyclic) bond motifs is 1. The lowest BCUT2D eigenvalue weighted by Gasteiger charge is -2.03. The zero-order valence-corrected chi connectivity index (χ0v) is 8.69. The molecule has 15 heavy (non-hydrogen) atoms. The van der Waals surface area contributed by atoms with Crippen LogP contribution in [-0.2, 0) is 11.2 Å². The molecule has 2 aromatic rings. The van der Waals surface area contributed by atoms with Gasteiger partial charge in [0.25, 0.3) is 0 Å². The van der Waals surface area contributed by atoms with Gasteiger partial charge in [-0.15, -0.1) is 0 Å². The molecule has 0 saturated carbocycles. The monoisotopic (exact) mass is 204 g/mol. The van der Waals surface area contributed by atoms with E-state index >= 15 is 0 Å². The SMILES string of the molecule is Cc1nc2cccc(C)n2c1CC(=O)O. The van der Waals surface area contributed by atoms with Crippen LogP contribution in [0, 0.1) is 13.8 Å². The van der Waals surface area contributed by atoms with E-state index in [9.17, 15) is 4.79 Å². The molecule has 2 heterocycles. The summed E-state index contributed by atoms with van der Waals surface area (Å²) in [6.45, 7) is 3.78. The average molecular weight is 204 g/mol. The molecule has 4 heteroatoms. The van der Waals surface area contributed by atoms with Crippen molar-refractivity contribution in [1.29, 1.82) is 0 Å². The summed E-state index contributed by atoms with van der Waals surface area (Å²) in [7, 11) is 0. The van der Waals surface area contributed by atoms with E-state index < -0.39 is 5.97 Å². The molecule has 0 unspecified atom stereocenters. The van der Waals surface area contributed by atoms with Crippen LogP contribution in [0.3, 0.4) is 0 Å². The zero-order chi connectivity index (χ0) is 11.0. The minimum Gasteiger partial charge on any atom is -0.481 e. The Bertz CT molecular complexity index is 529. The third-order valence-electron chi connectivity index (χ3n) is 2.45. The van der Waals surface area contributed by atoms with E-state index in [0.717, 1.165) is 22.7 Å².